The summed E-state index contributed by atoms with van der Waals surface area (Å²) in [6, 6.07) is 10.7. The van der Waals surface area contributed by atoms with Gasteiger partial charge in [-0.15, -0.1) is 0 Å². The number of halogens is 1. The molecular formula is C13H11IO. The molecule has 15 heavy (non-hydrogen) atoms. The Hall–Kier alpha value is -0.770. The molecule has 0 atom stereocenters. The molecule has 1 aromatic carbocycles. The molecule has 0 bridgehead atoms. The zero-order chi connectivity index (χ0) is 10.3. The van der Waals surface area contributed by atoms with E-state index in [1.165, 1.54) is 33.3 Å². The van der Waals surface area contributed by atoms with Crippen LogP contribution in [0.1, 0.15) is 17.7 Å². The van der Waals surface area contributed by atoms with Crippen LogP contribution < -0.4 is 0 Å². The van der Waals surface area contributed by atoms with E-state index in [1.807, 2.05) is 0 Å². The number of aryl methyl sites for hydroxylation is 2. The van der Waals surface area contributed by atoms with Gasteiger partial charge in [0.1, 0.15) is 11.5 Å². The molecule has 1 aliphatic carbocycles. The minimum absolute atomic E-state index is 1.02. The molecule has 1 heterocycles. The quantitative estimate of drug-likeness (QED) is 0.725. The number of rotatable bonds is 1. The Balaban J connectivity index is 2.02. The van der Waals surface area contributed by atoms with Crippen LogP contribution in [0.25, 0.3) is 11.3 Å². The van der Waals surface area contributed by atoms with Crippen LogP contribution in [0.4, 0.5) is 0 Å². The molecular weight excluding hydrogens is 299 g/mol. The van der Waals surface area contributed by atoms with Gasteiger partial charge < -0.3 is 4.42 Å². The molecule has 1 aromatic heterocycles. The summed E-state index contributed by atoms with van der Waals surface area (Å²) in [7, 11) is 0. The van der Waals surface area contributed by atoms with Crippen molar-refractivity contribution in [1.82, 2.24) is 0 Å². The smallest absolute Gasteiger partial charge is 0.134 e. The third-order valence-corrected chi connectivity index (χ3v) is 3.59. The molecule has 0 saturated heterocycles. The zero-order valence-electron chi connectivity index (χ0n) is 8.29. The summed E-state index contributed by atoms with van der Waals surface area (Å²) in [4.78, 5) is 0. The monoisotopic (exact) mass is 310 g/mol. The molecule has 2 aromatic rings. The summed E-state index contributed by atoms with van der Waals surface area (Å²) < 4.78 is 7.11. The number of furan rings is 1. The van der Waals surface area contributed by atoms with Crippen molar-refractivity contribution in [2.24, 2.45) is 0 Å². The summed E-state index contributed by atoms with van der Waals surface area (Å²) in [5.74, 6) is 2.22. The van der Waals surface area contributed by atoms with Gasteiger partial charge in [0.05, 0.1) is 0 Å². The molecule has 2 heteroatoms. The van der Waals surface area contributed by atoms with Gasteiger partial charge in [0.15, 0.2) is 0 Å². The van der Waals surface area contributed by atoms with Gasteiger partial charge in [-0.25, -0.2) is 0 Å². The second-order valence-electron chi connectivity index (χ2n) is 3.92. The van der Waals surface area contributed by atoms with E-state index in [4.69, 9.17) is 4.42 Å². The van der Waals surface area contributed by atoms with Crippen molar-refractivity contribution < 1.29 is 4.42 Å². The molecule has 0 amide bonds. The molecule has 0 unspecified atom stereocenters. The van der Waals surface area contributed by atoms with Gasteiger partial charge in [0.25, 0.3) is 0 Å². The number of benzene rings is 1. The van der Waals surface area contributed by atoms with E-state index in [0.717, 1.165) is 12.2 Å². The lowest BCUT2D eigenvalue weighted by Crippen LogP contribution is -1.76. The number of hydrogen-bond acceptors (Lipinski definition) is 1. The van der Waals surface area contributed by atoms with Crippen molar-refractivity contribution in [3.63, 3.8) is 0 Å². The summed E-state index contributed by atoms with van der Waals surface area (Å²) in [5, 5.41) is 0. The first-order chi connectivity index (χ1) is 7.33. The van der Waals surface area contributed by atoms with Crippen LogP contribution in [0, 0.1) is 3.57 Å². The Labute approximate surface area is 103 Å². The zero-order valence-corrected chi connectivity index (χ0v) is 10.5. The Bertz CT molecular complexity index is 460. The Kier molecular flexibility index (Phi) is 2.31. The molecule has 76 valence electrons. The lowest BCUT2D eigenvalue weighted by atomic mass is 10.1. The van der Waals surface area contributed by atoms with Crippen molar-refractivity contribution in [3.05, 3.63) is 45.2 Å². The fourth-order valence-corrected chi connectivity index (χ4v) is 2.45. The van der Waals surface area contributed by atoms with Crippen molar-refractivity contribution in [1.29, 1.82) is 0 Å². The summed E-state index contributed by atoms with van der Waals surface area (Å²) in [5.41, 5.74) is 2.59. The van der Waals surface area contributed by atoms with Gasteiger partial charge in [-0.2, -0.15) is 0 Å². The SMILES string of the molecule is Ic1ccc(-c2cc3c(o2)CCC3)cc1. The van der Waals surface area contributed by atoms with Crippen LogP contribution in [-0.4, -0.2) is 0 Å². The maximum absolute atomic E-state index is 5.85. The average Bonchev–Trinajstić information content (AvgIpc) is 2.78. The fraction of sp³-hybridized carbons (Fsp3) is 0.231. The summed E-state index contributed by atoms with van der Waals surface area (Å²) in [6.07, 6.45) is 3.55. The van der Waals surface area contributed by atoms with E-state index in [-0.39, 0.29) is 0 Å². The largest absolute Gasteiger partial charge is 0.461 e. The third kappa shape index (κ3) is 1.71. The van der Waals surface area contributed by atoms with Crippen LogP contribution in [0.3, 0.4) is 0 Å². The van der Waals surface area contributed by atoms with Gasteiger partial charge in [0.2, 0.25) is 0 Å². The van der Waals surface area contributed by atoms with Crippen LogP contribution in [0.15, 0.2) is 34.7 Å². The Morgan fingerprint density at radius 1 is 1.07 bits per heavy atom. The highest BCUT2D eigenvalue weighted by molar-refractivity contribution is 14.1. The van der Waals surface area contributed by atoms with E-state index in [1.54, 1.807) is 0 Å². The lowest BCUT2D eigenvalue weighted by Gasteiger charge is -1.97. The average molecular weight is 310 g/mol. The molecule has 0 spiro atoms. The summed E-state index contributed by atoms with van der Waals surface area (Å²) >= 11 is 2.32. The van der Waals surface area contributed by atoms with E-state index in [9.17, 15) is 0 Å². The normalized spacial score (nSPS) is 14.2. The van der Waals surface area contributed by atoms with Gasteiger partial charge >= 0.3 is 0 Å². The van der Waals surface area contributed by atoms with E-state index in [0.29, 0.717) is 0 Å². The first-order valence-corrected chi connectivity index (χ1v) is 6.28. The third-order valence-electron chi connectivity index (χ3n) is 2.88. The predicted octanol–water partition coefficient (Wildman–Crippen LogP) is 4.04. The molecule has 0 N–H and O–H groups in total. The number of fused-ring (bicyclic) bond motifs is 1. The molecule has 0 saturated carbocycles. The Morgan fingerprint density at radius 2 is 1.87 bits per heavy atom. The minimum Gasteiger partial charge on any atom is -0.461 e. The topological polar surface area (TPSA) is 13.1 Å². The van der Waals surface area contributed by atoms with E-state index in [2.05, 4.69) is 52.9 Å². The van der Waals surface area contributed by atoms with Crippen LogP contribution >= 0.6 is 22.6 Å². The lowest BCUT2D eigenvalue weighted by molar-refractivity contribution is 0.529. The van der Waals surface area contributed by atoms with Crippen molar-refractivity contribution in [2.45, 2.75) is 19.3 Å². The van der Waals surface area contributed by atoms with Gasteiger partial charge in [-0.1, -0.05) is 12.1 Å². The second kappa shape index (κ2) is 3.67. The highest BCUT2D eigenvalue weighted by Crippen LogP contribution is 2.31. The molecule has 1 nitrogen and oxygen atoms in total. The molecule has 0 aliphatic heterocycles. The maximum atomic E-state index is 5.85. The predicted molar refractivity (Wildman–Crippen MR) is 68.9 cm³/mol. The highest BCUT2D eigenvalue weighted by atomic mass is 127. The van der Waals surface area contributed by atoms with Gasteiger partial charge in [-0.05, 0) is 59.2 Å². The highest BCUT2D eigenvalue weighted by Gasteiger charge is 2.17. The van der Waals surface area contributed by atoms with Crippen molar-refractivity contribution >= 4 is 22.6 Å². The number of hydrogen-bond donors (Lipinski definition) is 0. The molecule has 0 fully saturated rings. The van der Waals surface area contributed by atoms with Crippen LogP contribution in [-0.2, 0) is 12.8 Å². The maximum Gasteiger partial charge on any atom is 0.134 e. The molecule has 3 rings (SSSR count). The van der Waals surface area contributed by atoms with E-state index < -0.39 is 0 Å². The van der Waals surface area contributed by atoms with Crippen molar-refractivity contribution in [2.75, 3.05) is 0 Å². The summed E-state index contributed by atoms with van der Waals surface area (Å²) in [6.45, 7) is 0. The second-order valence-corrected chi connectivity index (χ2v) is 5.17. The van der Waals surface area contributed by atoms with Gasteiger partial charge in [0, 0.05) is 15.6 Å². The molecule has 0 radical (unpaired) electrons. The molecule has 1 aliphatic rings. The van der Waals surface area contributed by atoms with Gasteiger partial charge in [-0.3, -0.25) is 0 Å². The first-order valence-electron chi connectivity index (χ1n) is 5.20. The van der Waals surface area contributed by atoms with Crippen LogP contribution in [0.2, 0.25) is 0 Å². The standard InChI is InChI=1S/C13H11IO/c14-11-6-4-9(5-7-11)13-8-10-2-1-3-12(10)15-13/h4-8H,1-3H2. The first kappa shape index (κ1) is 9.46. The fourth-order valence-electron chi connectivity index (χ4n) is 2.09. The van der Waals surface area contributed by atoms with Crippen LogP contribution in [0.5, 0.6) is 0 Å². The van der Waals surface area contributed by atoms with E-state index >= 15 is 0 Å². The Morgan fingerprint density at radius 3 is 2.60 bits per heavy atom. The van der Waals surface area contributed by atoms with Crippen molar-refractivity contribution in [3.8, 4) is 11.3 Å². The minimum atomic E-state index is 1.02.